The predicted octanol–water partition coefficient (Wildman–Crippen LogP) is 2.19. The SMILES string of the molecule is CNS(=O)(=O)c1cc(C(=O)N[C@H]2C[C@H]2C2CCCCC2)c(C)o1. The first-order valence-corrected chi connectivity index (χ1v) is 9.75. The van der Waals surface area contributed by atoms with E-state index in [4.69, 9.17) is 4.42 Å². The van der Waals surface area contributed by atoms with E-state index in [1.807, 2.05) is 0 Å². The average Bonchev–Trinajstić information content (AvgIpc) is 3.19. The van der Waals surface area contributed by atoms with Crippen LogP contribution in [-0.2, 0) is 10.0 Å². The molecule has 2 atom stereocenters. The molecule has 1 aromatic heterocycles. The summed E-state index contributed by atoms with van der Waals surface area (Å²) in [6.07, 6.45) is 7.51. The van der Waals surface area contributed by atoms with Crippen LogP contribution in [0, 0.1) is 18.8 Å². The van der Waals surface area contributed by atoms with Gasteiger partial charge in [-0.05, 0) is 32.2 Å². The minimum Gasteiger partial charge on any atom is -0.448 e. The Bertz CT molecular complexity index is 689. The molecule has 2 saturated carbocycles. The van der Waals surface area contributed by atoms with Crippen LogP contribution < -0.4 is 10.0 Å². The summed E-state index contributed by atoms with van der Waals surface area (Å²) in [5.41, 5.74) is 0.299. The largest absolute Gasteiger partial charge is 0.448 e. The van der Waals surface area contributed by atoms with Gasteiger partial charge in [-0.1, -0.05) is 32.1 Å². The fourth-order valence-corrected chi connectivity index (χ4v) is 4.33. The summed E-state index contributed by atoms with van der Waals surface area (Å²) in [5.74, 6) is 1.41. The Labute approximate surface area is 137 Å². The number of carbonyl (C=O) groups excluding carboxylic acids is 1. The van der Waals surface area contributed by atoms with E-state index in [1.54, 1.807) is 6.92 Å². The van der Waals surface area contributed by atoms with Crippen LogP contribution in [0.15, 0.2) is 15.6 Å². The molecule has 0 aliphatic heterocycles. The van der Waals surface area contributed by atoms with Gasteiger partial charge in [-0.15, -0.1) is 0 Å². The first kappa shape index (κ1) is 16.5. The number of carbonyl (C=O) groups is 1. The molecule has 0 unspecified atom stereocenters. The van der Waals surface area contributed by atoms with Crippen molar-refractivity contribution in [1.82, 2.24) is 10.0 Å². The molecule has 3 rings (SSSR count). The van der Waals surface area contributed by atoms with Crippen LogP contribution in [0.5, 0.6) is 0 Å². The third kappa shape index (κ3) is 3.45. The second kappa shape index (κ2) is 6.28. The molecule has 6 nitrogen and oxygen atoms in total. The van der Waals surface area contributed by atoms with Crippen molar-refractivity contribution >= 4 is 15.9 Å². The lowest BCUT2D eigenvalue weighted by molar-refractivity contribution is 0.0945. The van der Waals surface area contributed by atoms with Gasteiger partial charge in [0.15, 0.2) is 0 Å². The second-order valence-electron chi connectivity index (χ2n) is 6.62. The minimum atomic E-state index is -3.67. The molecule has 0 saturated heterocycles. The van der Waals surface area contributed by atoms with Gasteiger partial charge < -0.3 is 9.73 Å². The molecule has 2 N–H and O–H groups in total. The summed E-state index contributed by atoms with van der Waals surface area (Å²) in [6.45, 7) is 1.61. The summed E-state index contributed by atoms with van der Waals surface area (Å²) in [5, 5.41) is 2.81. The molecular formula is C16H24N2O4S. The predicted molar refractivity (Wildman–Crippen MR) is 85.6 cm³/mol. The molecule has 0 aromatic carbocycles. The maximum atomic E-state index is 12.4. The van der Waals surface area contributed by atoms with E-state index in [0.717, 1.165) is 12.3 Å². The lowest BCUT2D eigenvalue weighted by Crippen LogP contribution is -2.28. The van der Waals surface area contributed by atoms with Gasteiger partial charge in [-0.25, -0.2) is 13.1 Å². The molecular weight excluding hydrogens is 316 g/mol. The Morgan fingerprint density at radius 2 is 1.96 bits per heavy atom. The van der Waals surface area contributed by atoms with Gasteiger partial charge >= 0.3 is 0 Å². The summed E-state index contributed by atoms with van der Waals surface area (Å²) >= 11 is 0. The highest BCUT2D eigenvalue weighted by Crippen LogP contribution is 2.44. The third-order valence-corrected chi connectivity index (χ3v) is 6.35. The fourth-order valence-electron chi connectivity index (χ4n) is 3.62. The van der Waals surface area contributed by atoms with Crippen LogP contribution in [-0.4, -0.2) is 27.4 Å². The van der Waals surface area contributed by atoms with Crippen molar-refractivity contribution < 1.29 is 17.6 Å². The van der Waals surface area contributed by atoms with E-state index in [1.165, 1.54) is 45.2 Å². The van der Waals surface area contributed by atoms with Crippen LogP contribution in [0.1, 0.15) is 54.6 Å². The summed E-state index contributed by atoms with van der Waals surface area (Å²) in [4.78, 5) is 12.4. The smallest absolute Gasteiger partial charge is 0.273 e. The molecule has 2 aliphatic rings. The van der Waals surface area contributed by atoms with Crippen molar-refractivity contribution in [2.24, 2.45) is 11.8 Å². The molecule has 2 fully saturated rings. The Morgan fingerprint density at radius 3 is 2.61 bits per heavy atom. The van der Waals surface area contributed by atoms with Gasteiger partial charge in [0.05, 0.1) is 5.56 Å². The monoisotopic (exact) mass is 340 g/mol. The first-order chi connectivity index (χ1) is 10.9. The van der Waals surface area contributed by atoms with E-state index in [-0.39, 0.29) is 17.0 Å². The zero-order valence-corrected chi connectivity index (χ0v) is 14.4. The normalized spacial score (nSPS) is 25.3. The lowest BCUT2D eigenvalue weighted by Gasteiger charge is -2.21. The third-order valence-electron chi connectivity index (χ3n) is 5.08. The number of furan rings is 1. The van der Waals surface area contributed by atoms with Gasteiger partial charge in [0, 0.05) is 12.1 Å². The number of sulfonamides is 1. The van der Waals surface area contributed by atoms with Crippen LogP contribution >= 0.6 is 0 Å². The number of amides is 1. The summed E-state index contributed by atoms with van der Waals surface area (Å²) in [7, 11) is -2.36. The maximum Gasteiger partial charge on any atom is 0.273 e. The van der Waals surface area contributed by atoms with Crippen LogP contribution in [0.2, 0.25) is 0 Å². The van der Waals surface area contributed by atoms with Gasteiger partial charge in [-0.3, -0.25) is 4.79 Å². The first-order valence-electron chi connectivity index (χ1n) is 8.27. The van der Waals surface area contributed by atoms with E-state index in [0.29, 0.717) is 17.2 Å². The molecule has 1 heterocycles. The van der Waals surface area contributed by atoms with Crippen molar-refractivity contribution in [3.8, 4) is 0 Å². The molecule has 2 aliphatic carbocycles. The number of hydrogen-bond acceptors (Lipinski definition) is 4. The van der Waals surface area contributed by atoms with E-state index >= 15 is 0 Å². The molecule has 0 radical (unpaired) electrons. The zero-order valence-electron chi connectivity index (χ0n) is 13.6. The standard InChI is InChI=1S/C16H24N2O4S/c1-10-12(9-15(22-10)23(20,21)17-2)16(19)18-14-8-13(14)11-6-4-3-5-7-11/h9,11,13-14,17H,3-8H2,1-2H3,(H,18,19)/t13-,14-/m0/s1. The highest BCUT2D eigenvalue weighted by atomic mass is 32.2. The maximum absolute atomic E-state index is 12.4. The van der Waals surface area contributed by atoms with Crippen molar-refractivity contribution in [1.29, 1.82) is 0 Å². The second-order valence-corrected chi connectivity index (χ2v) is 8.44. The number of aryl methyl sites for hydroxylation is 1. The Balaban J connectivity index is 1.63. The molecule has 0 spiro atoms. The van der Waals surface area contributed by atoms with E-state index < -0.39 is 10.0 Å². The number of hydrogen-bond donors (Lipinski definition) is 2. The molecule has 128 valence electrons. The van der Waals surface area contributed by atoms with E-state index in [9.17, 15) is 13.2 Å². The van der Waals surface area contributed by atoms with Gasteiger partial charge in [0.25, 0.3) is 15.9 Å². The molecule has 23 heavy (non-hydrogen) atoms. The van der Waals surface area contributed by atoms with Gasteiger partial charge in [0.1, 0.15) is 5.76 Å². The van der Waals surface area contributed by atoms with Gasteiger partial charge in [0.2, 0.25) is 5.09 Å². The van der Waals surface area contributed by atoms with Crippen LogP contribution in [0.25, 0.3) is 0 Å². The fraction of sp³-hybridized carbons (Fsp3) is 0.688. The highest BCUT2D eigenvalue weighted by Gasteiger charge is 2.44. The average molecular weight is 340 g/mol. The Kier molecular flexibility index (Phi) is 4.51. The van der Waals surface area contributed by atoms with Crippen LogP contribution in [0.3, 0.4) is 0 Å². The molecule has 0 bridgehead atoms. The van der Waals surface area contributed by atoms with Crippen molar-refractivity contribution in [2.75, 3.05) is 7.05 Å². The molecule has 1 aromatic rings. The quantitative estimate of drug-likeness (QED) is 0.860. The lowest BCUT2D eigenvalue weighted by atomic mass is 9.85. The van der Waals surface area contributed by atoms with Crippen molar-refractivity contribution in [3.05, 3.63) is 17.4 Å². The highest BCUT2D eigenvalue weighted by molar-refractivity contribution is 7.89. The minimum absolute atomic E-state index is 0.220. The van der Waals surface area contributed by atoms with E-state index in [2.05, 4.69) is 10.0 Å². The van der Waals surface area contributed by atoms with Crippen molar-refractivity contribution in [2.45, 2.75) is 56.6 Å². The number of nitrogens with one attached hydrogen (secondary N) is 2. The molecule has 7 heteroatoms. The topological polar surface area (TPSA) is 88.4 Å². The molecule has 1 amide bonds. The Hall–Kier alpha value is -1.34. The van der Waals surface area contributed by atoms with Gasteiger partial charge in [-0.2, -0.15) is 0 Å². The summed E-state index contributed by atoms with van der Waals surface area (Å²) < 4.78 is 30.9. The zero-order chi connectivity index (χ0) is 16.6. The Morgan fingerprint density at radius 1 is 1.26 bits per heavy atom. The van der Waals surface area contributed by atoms with Crippen LogP contribution in [0.4, 0.5) is 0 Å². The van der Waals surface area contributed by atoms with Crippen molar-refractivity contribution in [3.63, 3.8) is 0 Å². The number of rotatable bonds is 5. The summed E-state index contributed by atoms with van der Waals surface area (Å²) in [6, 6.07) is 1.53.